The number of rotatable bonds is 9. The van der Waals surface area contributed by atoms with E-state index in [1.54, 1.807) is 65.5 Å². The first-order valence-corrected chi connectivity index (χ1v) is 24.4. The number of aromatic amines is 1. The summed E-state index contributed by atoms with van der Waals surface area (Å²) in [6.07, 6.45) is 6.71. The van der Waals surface area contributed by atoms with Gasteiger partial charge in [0, 0.05) is 61.2 Å². The molecule has 0 bridgehead atoms. The quantitative estimate of drug-likeness (QED) is 0.144. The van der Waals surface area contributed by atoms with Crippen LogP contribution in [-0.4, -0.2) is 77.5 Å². The van der Waals surface area contributed by atoms with Gasteiger partial charge in [-0.15, -0.1) is 0 Å². The number of H-pyrrole nitrogens is 1. The second-order valence-corrected chi connectivity index (χ2v) is 21.6. The van der Waals surface area contributed by atoms with Crippen molar-refractivity contribution >= 4 is 24.0 Å². The molecule has 2 fully saturated rings. The number of carbonyl (C=O) groups excluding carboxylic acids is 1. The molecule has 1 amide bonds. The highest BCUT2D eigenvalue weighted by Gasteiger charge is 2.59. The van der Waals surface area contributed by atoms with E-state index in [0.717, 1.165) is 35.0 Å². The number of amides is 1. The van der Waals surface area contributed by atoms with Crippen LogP contribution in [0.2, 0.25) is 0 Å². The van der Waals surface area contributed by atoms with Crippen LogP contribution in [-0.2, 0) is 27.4 Å². The predicted molar refractivity (Wildman–Crippen MR) is 237 cm³/mol. The fourth-order valence-electron chi connectivity index (χ4n) is 10.1. The van der Waals surface area contributed by atoms with Crippen molar-refractivity contribution in [2.75, 3.05) is 33.1 Å². The molecule has 16 heteroatoms. The van der Waals surface area contributed by atoms with Crippen molar-refractivity contribution in [3.63, 3.8) is 0 Å². The number of halogens is 1. The summed E-state index contributed by atoms with van der Waals surface area (Å²) < 4.78 is 45.1. The number of carbonyl (C=O) groups is 1. The molecule has 1 saturated carbocycles. The third-order valence-electron chi connectivity index (χ3n) is 13.4. The second kappa shape index (κ2) is 15.0. The number of fused-ring (bicyclic) bond motifs is 2. The molecular weight excluding hydrogens is 823 g/mol. The molecule has 1 N–H and O–H groups in total. The second-order valence-electron chi connectivity index (χ2n) is 18.2. The Morgan fingerprint density at radius 3 is 2.30 bits per heavy atom. The van der Waals surface area contributed by atoms with Crippen LogP contribution in [0.15, 0.2) is 87.2 Å². The number of hydrogen-bond donors (Lipinski definition) is 1. The number of hydrogen-bond acceptors (Lipinski definition) is 8. The zero-order chi connectivity index (χ0) is 44.1. The molecule has 6 heterocycles. The van der Waals surface area contributed by atoms with E-state index < -0.39 is 24.5 Å². The summed E-state index contributed by atoms with van der Waals surface area (Å²) >= 11 is 0. The molecule has 4 aromatic heterocycles. The lowest BCUT2D eigenvalue weighted by Crippen LogP contribution is -2.41. The number of ether oxygens (including phenoxy) is 1. The average Bonchev–Trinajstić information content (AvgIpc) is 3.75. The first kappa shape index (κ1) is 41.0. The van der Waals surface area contributed by atoms with E-state index in [2.05, 4.69) is 35.3 Å². The lowest BCUT2D eigenvalue weighted by Gasteiger charge is -2.34. The molecule has 2 aliphatic heterocycles. The monoisotopic (exact) mass is 872 g/mol. The van der Waals surface area contributed by atoms with Gasteiger partial charge in [0.2, 0.25) is 0 Å². The summed E-state index contributed by atoms with van der Waals surface area (Å²) in [5, 5.41) is 10.2. The maximum Gasteiger partial charge on any atom is 0.438 e. The Kier molecular flexibility index (Phi) is 9.79. The molecule has 10 rings (SSSR count). The zero-order valence-electron chi connectivity index (χ0n) is 36.2. The minimum absolute atomic E-state index is 0.0283. The number of benzene rings is 3. The lowest BCUT2D eigenvalue weighted by molar-refractivity contribution is 0.0663. The minimum atomic E-state index is -2.31. The van der Waals surface area contributed by atoms with Gasteiger partial charge in [0.05, 0.1) is 30.3 Å². The Morgan fingerprint density at radius 2 is 1.65 bits per heavy atom. The highest BCUT2D eigenvalue weighted by molar-refractivity contribution is 7.61. The first-order chi connectivity index (χ1) is 30.1. The van der Waals surface area contributed by atoms with Crippen LogP contribution in [0.25, 0.3) is 28.1 Å². The van der Waals surface area contributed by atoms with Gasteiger partial charge in [0.1, 0.15) is 22.9 Å². The normalized spacial score (nSPS) is 20.4. The summed E-state index contributed by atoms with van der Waals surface area (Å²) in [7, 11) is -2.31. The molecular formula is C47H50FN8O6P. The molecule has 0 radical (unpaired) electrons. The van der Waals surface area contributed by atoms with Crippen molar-refractivity contribution in [3.05, 3.63) is 145 Å². The number of aromatic nitrogens is 7. The third kappa shape index (κ3) is 6.87. The Bertz CT molecular complexity index is 3100. The highest BCUT2D eigenvalue weighted by atomic mass is 31.2. The van der Waals surface area contributed by atoms with Gasteiger partial charge in [0.15, 0.2) is 5.82 Å². The van der Waals surface area contributed by atoms with Gasteiger partial charge >= 0.3 is 11.4 Å². The SMILES string of the molecule is Cc1cc(-n2nc3c(c2-n2ccn(-c4ccc(CP(C)(C)=O)cc4)c2=O)[C@H](C)N(C(=O)c2cc4cc(C5CCOCC5)ccc4n2[C@@]2(c4noc(=O)[nH]4)C[C@@H]2C)CC3)cc(C)c1F. The van der Waals surface area contributed by atoms with Crippen molar-refractivity contribution < 1.29 is 23.0 Å². The molecule has 0 spiro atoms. The van der Waals surface area contributed by atoms with E-state index in [9.17, 15) is 14.2 Å². The maximum atomic E-state index is 15.4. The van der Waals surface area contributed by atoms with Gasteiger partial charge in [-0.25, -0.2) is 18.7 Å². The molecule has 326 valence electrons. The van der Waals surface area contributed by atoms with Crippen LogP contribution < -0.4 is 11.4 Å². The van der Waals surface area contributed by atoms with E-state index in [1.807, 2.05) is 46.7 Å². The molecule has 0 unspecified atom stereocenters. The molecule has 7 aromatic rings. The molecule has 14 nitrogen and oxygen atoms in total. The van der Waals surface area contributed by atoms with Gasteiger partial charge in [-0.1, -0.05) is 30.3 Å². The van der Waals surface area contributed by atoms with Crippen LogP contribution in [0.5, 0.6) is 0 Å². The number of nitrogens with one attached hydrogen (secondary N) is 1. The third-order valence-corrected chi connectivity index (χ3v) is 14.5. The van der Waals surface area contributed by atoms with E-state index in [0.29, 0.717) is 90.1 Å². The largest absolute Gasteiger partial charge is 0.438 e. The Morgan fingerprint density at radius 1 is 0.952 bits per heavy atom. The Labute approximate surface area is 362 Å². The topological polar surface area (TPSA) is 155 Å². The average molecular weight is 873 g/mol. The Hall–Kier alpha value is -6.05. The van der Waals surface area contributed by atoms with Crippen LogP contribution in [0.4, 0.5) is 4.39 Å². The summed E-state index contributed by atoms with van der Waals surface area (Å²) in [6, 6.07) is 18.7. The van der Waals surface area contributed by atoms with Crippen molar-refractivity contribution in [1.82, 2.24) is 38.5 Å². The van der Waals surface area contributed by atoms with Crippen LogP contribution in [0.3, 0.4) is 0 Å². The number of imidazole rings is 1. The molecule has 3 atom stereocenters. The number of aryl methyl sites for hydroxylation is 2. The summed E-state index contributed by atoms with van der Waals surface area (Å²) in [5.74, 6) is -0.00406. The highest BCUT2D eigenvalue weighted by Crippen LogP contribution is 2.56. The van der Waals surface area contributed by atoms with Gasteiger partial charge in [0.25, 0.3) is 5.91 Å². The minimum Gasteiger partial charge on any atom is -0.381 e. The summed E-state index contributed by atoms with van der Waals surface area (Å²) in [6.45, 7) is 12.7. The van der Waals surface area contributed by atoms with E-state index in [1.165, 1.54) is 5.56 Å². The van der Waals surface area contributed by atoms with Gasteiger partial charge in [-0.05, 0) is 130 Å². The van der Waals surface area contributed by atoms with E-state index >= 15 is 9.18 Å². The summed E-state index contributed by atoms with van der Waals surface area (Å²) in [5.41, 5.74) is 5.74. The van der Waals surface area contributed by atoms with Crippen LogP contribution in [0, 0.1) is 25.6 Å². The van der Waals surface area contributed by atoms with Gasteiger partial charge < -0.3 is 18.8 Å². The van der Waals surface area contributed by atoms with E-state index in [4.69, 9.17) is 14.4 Å². The van der Waals surface area contributed by atoms with Gasteiger partial charge in [-0.3, -0.25) is 23.4 Å². The molecule has 1 saturated heterocycles. The fourth-order valence-corrected chi connectivity index (χ4v) is 11.2. The van der Waals surface area contributed by atoms with E-state index in [-0.39, 0.29) is 23.3 Å². The Balaban J connectivity index is 1.10. The smallest absolute Gasteiger partial charge is 0.381 e. The number of nitrogens with zero attached hydrogens (tertiary/aromatic N) is 7. The van der Waals surface area contributed by atoms with Crippen molar-refractivity contribution in [1.29, 1.82) is 0 Å². The molecule has 63 heavy (non-hydrogen) atoms. The first-order valence-electron chi connectivity index (χ1n) is 21.6. The zero-order valence-corrected chi connectivity index (χ0v) is 37.1. The lowest BCUT2D eigenvalue weighted by atomic mass is 9.91. The molecule has 3 aliphatic rings. The molecule has 3 aromatic carbocycles. The van der Waals surface area contributed by atoms with Crippen LogP contribution in [0.1, 0.15) is 94.9 Å². The van der Waals surface area contributed by atoms with Crippen molar-refractivity contribution in [3.8, 4) is 17.2 Å². The molecule has 1 aliphatic carbocycles. The van der Waals surface area contributed by atoms with Gasteiger partial charge in [-0.2, -0.15) is 5.10 Å². The summed E-state index contributed by atoms with van der Waals surface area (Å²) in [4.78, 5) is 47.1. The van der Waals surface area contributed by atoms with Crippen LogP contribution >= 0.6 is 7.14 Å². The van der Waals surface area contributed by atoms with Crippen molar-refractivity contribution in [2.45, 2.75) is 77.0 Å². The maximum absolute atomic E-state index is 15.4. The van der Waals surface area contributed by atoms with Crippen molar-refractivity contribution in [2.24, 2.45) is 5.92 Å². The fraction of sp³-hybridized carbons (Fsp3) is 0.383. The predicted octanol–water partition coefficient (Wildman–Crippen LogP) is 7.76. The standard InChI is InChI=1S/C47H50FN8O6P/c1-27-21-36(22-28(2)41(27)48)56-42(54-18-17-53(46(54)59)35-10-7-31(8-11-35)26-63(5,6)60)40-30(4)52(16-13-37(40)50-56)43(57)39-24-34-23-33(32-14-19-61-20-15-32)9-12-38(34)55(39)47(25-29(47)3)44-49-45(58)62-51-44/h7-12,17-18,21-24,29-30,32H,13-16,19-20,25-26H2,1-6H3,(H,49,51,58)/t29-,30-,47-/m0/s1.